The molecule has 3 rings (SSSR count). The molecule has 0 bridgehead atoms. The summed E-state index contributed by atoms with van der Waals surface area (Å²) in [5, 5.41) is 19.6. The third-order valence-electron chi connectivity index (χ3n) is 4.58. The molecule has 0 atom stereocenters. The Bertz CT molecular complexity index is 1190. The van der Waals surface area contributed by atoms with E-state index in [9.17, 15) is 13.2 Å². The zero-order valence-electron chi connectivity index (χ0n) is 17.4. The average Bonchev–Trinajstić information content (AvgIpc) is 3.09. The van der Waals surface area contributed by atoms with Crippen LogP contribution in [0.4, 0.5) is 18.9 Å². The lowest BCUT2D eigenvalue weighted by Gasteiger charge is -2.13. The smallest absolute Gasteiger partial charge is 0.416 e. The molecule has 0 aliphatic rings. The van der Waals surface area contributed by atoms with E-state index in [0.29, 0.717) is 28.3 Å². The number of halogens is 3. The maximum atomic E-state index is 13.2. The van der Waals surface area contributed by atoms with Crippen molar-refractivity contribution >= 4 is 17.6 Å². The number of nitriles is 1. The highest BCUT2D eigenvalue weighted by Gasteiger charge is 2.31. The van der Waals surface area contributed by atoms with Gasteiger partial charge in [0.2, 0.25) is 0 Å². The lowest BCUT2D eigenvalue weighted by Crippen LogP contribution is -2.08. The first-order chi connectivity index (χ1) is 15.3. The van der Waals surface area contributed by atoms with Crippen molar-refractivity contribution in [3.63, 3.8) is 0 Å². The first kappa shape index (κ1) is 22.6. The van der Waals surface area contributed by atoms with Crippen LogP contribution in [0.2, 0.25) is 0 Å². The van der Waals surface area contributed by atoms with Gasteiger partial charge < -0.3 is 15.5 Å². The molecular formula is C23H20F3N5O. The van der Waals surface area contributed by atoms with Gasteiger partial charge in [-0.25, -0.2) is 0 Å². The van der Waals surface area contributed by atoms with Gasteiger partial charge in [0.05, 0.1) is 40.9 Å². The van der Waals surface area contributed by atoms with Crippen LogP contribution in [0.25, 0.3) is 11.4 Å². The van der Waals surface area contributed by atoms with E-state index in [4.69, 9.17) is 15.4 Å². The molecule has 0 spiro atoms. The highest BCUT2D eigenvalue weighted by molar-refractivity contribution is 5.88. The standard InChI is InChI=1S/C23H20F3N5O/c1-3-32-22-30-21(20(11-12-27)29-18-9-7-16(14-28)8-10-18)15(2)31(22)19-6-4-5-17(13-19)23(24,25)26/h4-13,27,29H,3H2,1-2H3/b20-11-,27-12?. The minimum atomic E-state index is -4.48. The number of nitrogens with one attached hydrogen (secondary N) is 2. The Hall–Kier alpha value is -4.06. The van der Waals surface area contributed by atoms with E-state index in [2.05, 4.69) is 10.3 Å². The Morgan fingerprint density at radius 3 is 2.56 bits per heavy atom. The molecule has 0 aliphatic heterocycles. The van der Waals surface area contributed by atoms with Crippen molar-refractivity contribution < 1.29 is 17.9 Å². The predicted molar refractivity (Wildman–Crippen MR) is 116 cm³/mol. The number of imidazole rings is 1. The molecule has 0 unspecified atom stereocenters. The summed E-state index contributed by atoms with van der Waals surface area (Å²) in [6.45, 7) is 3.73. The van der Waals surface area contributed by atoms with Gasteiger partial charge in [0.25, 0.3) is 0 Å². The lowest BCUT2D eigenvalue weighted by atomic mass is 10.1. The van der Waals surface area contributed by atoms with Crippen molar-refractivity contribution in [1.82, 2.24) is 9.55 Å². The molecule has 3 aromatic rings. The largest absolute Gasteiger partial charge is 0.465 e. The van der Waals surface area contributed by atoms with E-state index in [1.807, 2.05) is 6.07 Å². The van der Waals surface area contributed by atoms with Gasteiger partial charge in [-0.3, -0.25) is 4.57 Å². The van der Waals surface area contributed by atoms with Gasteiger partial charge in [0, 0.05) is 11.9 Å². The van der Waals surface area contributed by atoms with Crippen molar-refractivity contribution in [3.05, 3.63) is 77.1 Å². The number of hydrogen-bond acceptors (Lipinski definition) is 5. The van der Waals surface area contributed by atoms with E-state index in [-0.39, 0.29) is 18.3 Å². The quantitative estimate of drug-likeness (QED) is 0.471. The third kappa shape index (κ3) is 4.81. The van der Waals surface area contributed by atoms with E-state index in [1.54, 1.807) is 44.2 Å². The normalized spacial score (nSPS) is 11.7. The molecule has 0 aliphatic carbocycles. The van der Waals surface area contributed by atoms with Gasteiger partial charge in [-0.15, -0.1) is 0 Å². The number of anilines is 1. The second-order valence-electron chi connectivity index (χ2n) is 6.71. The number of alkyl halides is 3. The van der Waals surface area contributed by atoms with Crippen LogP contribution < -0.4 is 10.1 Å². The fourth-order valence-electron chi connectivity index (χ4n) is 3.13. The molecule has 164 valence electrons. The fraction of sp³-hybridized carbons (Fsp3) is 0.174. The number of hydrogen-bond donors (Lipinski definition) is 2. The van der Waals surface area contributed by atoms with Crippen LogP contribution in [0.1, 0.15) is 29.4 Å². The molecule has 0 saturated carbocycles. The molecule has 9 heteroatoms. The molecule has 32 heavy (non-hydrogen) atoms. The minimum absolute atomic E-state index is 0.136. The molecular weight excluding hydrogens is 419 g/mol. The minimum Gasteiger partial charge on any atom is -0.465 e. The average molecular weight is 439 g/mol. The highest BCUT2D eigenvalue weighted by atomic mass is 19.4. The van der Waals surface area contributed by atoms with Crippen LogP contribution in [0.3, 0.4) is 0 Å². The van der Waals surface area contributed by atoms with E-state index < -0.39 is 11.7 Å². The topological polar surface area (TPSA) is 86.7 Å². The number of benzene rings is 2. The number of aromatic nitrogens is 2. The van der Waals surface area contributed by atoms with E-state index in [0.717, 1.165) is 18.3 Å². The number of nitrogens with zero attached hydrogens (tertiary/aromatic N) is 3. The monoisotopic (exact) mass is 439 g/mol. The predicted octanol–water partition coefficient (Wildman–Crippen LogP) is 5.57. The fourth-order valence-corrected chi connectivity index (χ4v) is 3.13. The van der Waals surface area contributed by atoms with Gasteiger partial charge in [-0.2, -0.15) is 23.4 Å². The Labute approximate surface area is 183 Å². The summed E-state index contributed by atoms with van der Waals surface area (Å²) in [5.74, 6) is 0. The molecule has 2 N–H and O–H groups in total. The van der Waals surface area contributed by atoms with E-state index in [1.165, 1.54) is 16.7 Å². The highest BCUT2D eigenvalue weighted by Crippen LogP contribution is 2.33. The molecule has 0 radical (unpaired) electrons. The Morgan fingerprint density at radius 2 is 1.97 bits per heavy atom. The second kappa shape index (κ2) is 9.39. The van der Waals surface area contributed by atoms with Gasteiger partial charge in [0.15, 0.2) is 0 Å². The zero-order valence-corrected chi connectivity index (χ0v) is 17.4. The van der Waals surface area contributed by atoms with Crippen molar-refractivity contribution in [2.45, 2.75) is 20.0 Å². The van der Waals surface area contributed by atoms with Gasteiger partial charge in [-0.05, 0) is 62.4 Å². The summed E-state index contributed by atoms with van der Waals surface area (Å²) in [7, 11) is 0. The Kier molecular flexibility index (Phi) is 6.64. The van der Waals surface area contributed by atoms with Gasteiger partial charge in [0.1, 0.15) is 5.69 Å². The van der Waals surface area contributed by atoms with Crippen LogP contribution in [-0.2, 0) is 6.18 Å². The van der Waals surface area contributed by atoms with Gasteiger partial charge in [-0.1, -0.05) is 6.07 Å². The second-order valence-corrected chi connectivity index (χ2v) is 6.71. The zero-order chi connectivity index (χ0) is 23.3. The molecule has 0 amide bonds. The van der Waals surface area contributed by atoms with Crippen LogP contribution in [0.15, 0.2) is 54.6 Å². The van der Waals surface area contributed by atoms with Gasteiger partial charge >= 0.3 is 12.2 Å². The number of allylic oxidation sites excluding steroid dienone is 1. The van der Waals surface area contributed by atoms with E-state index >= 15 is 0 Å². The van der Waals surface area contributed by atoms with Crippen molar-refractivity contribution in [3.8, 4) is 17.8 Å². The summed E-state index contributed by atoms with van der Waals surface area (Å²) in [4.78, 5) is 4.49. The maximum absolute atomic E-state index is 13.2. The summed E-state index contributed by atoms with van der Waals surface area (Å²) in [5.41, 5.74) is 2.03. The molecule has 2 aromatic carbocycles. The first-order valence-electron chi connectivity index (χ1n) is 9.66. The van der Waals surface area contributed by atoms with Crippen molar-refractivity contribution in [2.75, 3.05) is 11.9 Å². The molecule has 6 nitrogen and oxygen atoms in total. The Morgan fingerprint density at radius 1 is 1.25 bits per heavy atom. The summed E-state index contributed by atoms with van der Waals surface area (Å²) in [6.07, 6.45) is -1.92. The van der Waals surface area contributed by atoms with Crippen LogP contribution in [-0.4, -0.2) is 22.4 Å². The van der Waals surface area contributed by atoms with Crippen LogP contribution >= 0.6 is 0 Å². The molecule has 1 heterocycles. The van der Waals surface area contributed by atoms with Crippen molar-refractivity contribution in [2.24, 2.45) is 0 Å². The number of rotatable bonds is 7. The maximum Gasteiger partial charge on any atom is 0.416 e. The summed E-state index contributed by atoms with van der Waals surface area (Å²) >= 11 is 0. The number of ether oxygens (including phenoxy) is 1. The third-order valence-corrected chi connectivity index (χ3v) is 4.58. The summed E-state index contributed by atoms with van der Waals surface area (Å²) < 4.78 is 46.8. The lowest BCUT2D eigenvalue weighted by molar-refractivity contribution is -0.137. The summed E-state index contributed by atoms with van der Waals surface area (Å²) in [6, 6.07) is 13.8. The first-order valence-corrected chi connectivity index (χ1v) is 9.66. The SMILES string of the molecule is CCOc1nc(/C(=C/C=N)Nc2ccc(C#N)cc2)c(C)n1-c1cccc(C(F)(F)F)c1. The molecule has 0 saturated heterocycles. The van der Waals surface area contributed by atoms with Crippen molar-refractivity contribution in [1.29, 1.82) is 10.7 Å². The molecule has 1 aromatic heterocycles. The van der Waals surface area contributed by atoms with Crippen LogP contribution in [0, 0.1) is 23.7 Å². The molecule has 0 fully saturated rings. The van der Waals surface area contributed by atoms with Crippen LogP contribution in [0.5, 0.6) is 6.01 Å². The Balaban J connectivity index is 2.09.